The van der Waals surface area contributed by atoms with Crippen molar-refractivity contribution in [1.82, 2.24) is 144 Å². The van der Waals surface area contributed by atoms with E-state index in [2.05, 4.69) is 158 Å². The number of imidazole rings is 2. The normalized spacial score (nSPS) is 11.3. The Morgan fingerprint density at radius 3 is 1.28 bits per heavy atom. The lowest BCUT2D eigenvalue weighted by molar-refractivity contribution is 0.0691. The molecule has 0 radical (unpaired) electrons. The minimum Gasteiger partial charge on any atom is -0.476 e. The van der Waals surface area contributed by atoms with Crippen LogP contribution in [-0.2, 0) is 47.0 Å². The Morgan fingerprint density at radius 1 is 0.535 bits per heavy atom. The molecule has 0 bridgehead atoms. The zero-order valence-electron chi connectivity index (χ0n) is 66.2. The molecule has 0 aliphatic carbocycles. The highest BCUT2D eigenvalue weighted by atomic mass is 35.5. The highest BCUT2D eigenvalue weighted by molar-refractivity contribution is 7.86. The van der Waals surface area contributed by atoms with Crippen LogP contribution in [0.4, 0.5) is 11.6 Å². The van der Waals surface area contributed by atoms with Crippen LogP contribution in [0, 0.1) is 43.4 Å². The second-order valence-electron chi connectivity index (χ2n) is 27.1. The molecule has 10 N–H and O–H groups in total. The molecule has 0 aliphatic rings. The number of nitrogens with zero attached hydrogens (tertiary/aromatic N) is 27. The number of hydrogen-bond donors (Lipinski definition) is 7. The van der Waals surface area contributed by atoms with Crippen molar-refractivity contribution in [2.45, 2.75) is 142 Å². The number of H-pyrrole nitrogens is 1. The zero-order chi connectivity index (χ0) is 82.6. The lowest BCUT2D eigenvalue weighted by Crippen LogP contribution is -2.37. The molecule has 14 rings (SSSR count). The first-order chi connectivity index (χ1) is 53.9. The van der Waals surface area contributed by atoms with Gasteiger partial charge >= 0.3 is 5.97 Å². The van der Waals surface area contributed by atoms with Crippen LogP contribution in [0.15, 0.2) is 157 Å². The number of rotatable bonds is 21. The van der Waals surface area contributed by atoms with Crippen molar-refractivity contribution in [3.05, 3.63) is 171 Å². The maximum atomic E-state index is 13.0. The topological polar surface area (TPSA) is 541 Å². The zero-order valence-corrected chi connectivity index (χ0v) is 67.9. The lowest BCUT2D eigenvalue weighted by atomic mass is 10.1. The largest absolute Gasteiger partial charge is 0.476 e. The fourth-order valence-corrected chi connectivity index (χ4v) is 9.68. The highest BCUT2D eigenvalue weighted by Crippen LogP contribution is 2.32. The van der Waals surface area contributed by atoms with Crippen molar-refractivity contribution in [3.8, 4) is 45.7 Å². The Hall–Kier alpha value is -12.5. The fourth-order valence-electron chi connectivity index (χ4n) is 9.16. The number of halogens is 1. The van der Waals surface area contributed by atoms with E-state index < -0.39 is 22.0 Å². The number of carbonyl (C=O) groups is 2. The van der Waals surface area contributed by atoms with Crippen LogP contribution >= 0.6 is 12.4 Å². The van der Waals surface area contributed by atoms with Crippen molar-refractivity contribution in [2.75, 3.05) is 30.9 Å². The Labute approximate surface area is 664 Å². The van der Waals surface area contributed by atoms with E-state index in [9.17, 15) is 23.1 Å². The number of hydrogen-bond acceptors (Lipinski definition) is 31. The summed E-state index contributed by atoms with van der Waals surface area (Å²) in [5.41, 5.74) is 23.1. The maximum absolute atomic E-state index is 13.0. The van der Waals surface area contributed by atoms with E-state index in [0.717, 1.165) is 55.1 Å². The van der Waals surface area contributed by atoms with Crippen LogP contribution in [0.3, 0.4) is 0 Å². The molecule has 14 heterocycles. The lowest BCUT2D eigenvalue weighted by Gasteiger charge is -2.15. The second kappa shape index (κ2) is 47.0. The van der Waals surface area contributed by atoms with Gasteiger partial charge in [-0.05, 0) is 81.5 Å². The van der Waals surface area contributed by atoms with Crippen molar-refractivity contribution in [1.29, 1.82) is 0 Å². The number of nitrogens with two attached hydrogens (primary N) is 3. The molecule has 14 aromatic rings. The van der Waals surface area contributed by atoms with Crippen LogP contribution in [0.1, 0.15) is 115 Å². The average Bonchev–Trinajstić information content (AvgIpc) is 1.48. The number of carboxylic acid groups (broad SMARTS) is 1. The molecule has 0 aromatic carbocycles. The third-order valence-corrected chi connectivity index (χ3v) is 14.6. The molecule has 41 nitrogen and oxygen atoms in total. The molecule has 114 heavy (non-hydrogen) atoms. The van der Waals surface area contributed by atoms with Gasteiger partial charge in [0.15, 0.2) is 34.4 Å². The summed E-state index contributed by atoms with van der Waals surface area (Å²) in [6, 6.07) is 7.19. The molecule has 2 atom stereocenters. The van der Waals surface area contributed by atoms with Gasteiger partial charge in [0.2, 0.25) is 11.8 Å². The number of nitrogen functional groups attached to an aromatic ring is 2. The number of aromatic carboxylic acids is 1. The first-order valence-electron chi connectivity index (χ1n) is 35.7. The molecule has 612 valence electrons. The fraction of sp³-hybridized carbons (Fsp3) is 0.408. The number of pyridine rings is 2. The number of oxazole rings is 2. The molecule has 1 amide bonds. The standard InChI is InChI=1S/C21H20N10O2.C16H12N6O3.3C6H11N3.C5H10N4.C5H12O3S.C4H10O.C2H3N3.ClH/c1-12(10-30-7-5-25-29-30)26-20(32)18-19(22)28-17(21-23-6-8-33-21)16(27-18)14-3-4-15-24-9-13(2)31(15)11-14;1-8-6-19-10-3-2-9(7-22(8)10)11-12(15-18-4-5-25-15)21-14(17)13(20-11)16(23)24;2*1-6(2)5-9-4-3-7-8-9;1-6(2)5-9-7-3-4-8-9;1-5(6)4-9-3-2-7-8-9;1-5(2)4-8-9(3,6)7;1-4(2)3-5;1-2-4-5-3-1;/h3-9,11-12H,10H2,1-2H3,(H2,22,28)(H,26,32);2-7H,1H3,(H2,17,21)(H,23,24);3*3-4,6H,5H2,1-2H3;2-3,5H,4,6H2,1H3;5H,4H2,1-3H3;4-5H,3H2,1-2H3;1-2H,(H,3,4,5);1H/t12-;;;;;5-;;;;/m1....1..../s1. The summed E-state index contributed by atoms with van der Waals surface area (Å²) in [5, 5.41) is 67.7. The minimum absolute atomic E-state index is 0. The number of nitrogens with one attached hydrogen (secondary N) is 2. The summed E-state index contributed by atoms with van der Waals surface area (Å²) < 4.78 is 46.6. The van der Waals surface area contributed by atoms with Gasteiger partial charge < -0.3 is 50.4 Å². The van der Waals surface area contributed by atoms with Gasteiger partial charge in [0.25, 0.3) is 16.0 Å². The molecule has 0 spiro atoms. The number of aromatic amines is 1. The Kier molecular flexibility index (Phi) is 37.9. The summed E-state index contributed by atoms with van der Waals surface area (Å²) in [6.07, 6.45) is 34.5. The number of aromatic nitrogens is 28. The van der Waals surface area contributed by atoms with Crippen LogP contribution in [0.2, 0.25) is 0 Å². The van der Waals surface area contributed by atoms with Gasteiger partial charge in [-0.25, -0.2) is 44.7 Å². The number of aliphatic hydroxyl groups excluding tert-OH is 1. The smallest absolute Gasteiger partial charge is 0.358 e. The molecule has 0 aliphatic heterocycles. The van der Waals surface area contributed by atoms with E-state index in [1.807, 2.05) is 104 Å². The van der Waals surface area contributed by atoms with Gasteiger partial charge in [-0.1, -0.05) is 90.1 Å². The first kappa shape index (κ1) is 92.1. The third-order valence-electron chi connectivity index (χ3n) is 14.1. The van der Waals surface area contributed by atoms with E-state index in [1.165, 1.54) is 24.9 Å². The quantitative estimate of drug-likeness (QED) is 0.0339. The van der Waals surface area contributed by atoms with E-state index in [-0.39, 0.29) is 77.5 Å². The number of aryl methyl sites for hydroxylation is 2. The molecule has 0 saturated heterocycles. The molecule has 0 fully saturated rings. The number of anilines is 2. The highest BCUT2D eigenvalue weighted by Gasteiger charge is 2.25. The summed E-state index contributed by atoms with van der Waals surface area (Å²) in [5.74, 6) is 1.12. The van der Waals surface area contributed by atoms with Crippen molar-refractivity contribution >= 4 is 57.3 Å². The van der Waals surface area contributed by atoms with Crippen LogP contribution in [0.25, 0.3) is 57.0 Å². The summed E-state index contributed by atoms with van der Waals surface area (Å²) >= 11 is 0. The maximum Gasteiger partial charge on any atom is 0.358 e. The Morgan fingerprint density at radius 2 is 0.947 bits per heavy atom. The van der Waals surface area contributed by atoms with Gasteiger partial charge in [-0.3, -0.25) is 27.7 Å². The summed E-state index contributed by atoms with van der Waals surface area (Å²) in [6.45, 7) is 32.9. The van der Waals surface area contributed by atoms with Crippen LogP contribution in [-0.4, -0.2) is 201 Å². The summed E-state index contributed by atoms with van der Waals surface area (Å²) in [7, 11) is -3.22. The monoisotopic (exact) mass is 1610 g/mol. The number of carbonyl (C=O) groups excluding carboxylic acids is 1. The van der Waals surface area contributed by atoms with Crippen LogP contribution < -0.4 is 22.5 Å². The van der Waals surface area contributed by atoms with E-state index in [0.29, 0.717) is 65.0 Å². The average molecular weight is 1610 g/mol. The van der Waals surface area contributed by atoms with Crippen molar-refractivity contribution < 1.29 is 41.2 Å². The number of carboxylic acids is 1. The van der Waals surface area contributed by atoms with Gasteiger partial charge in [0, 0.05) is 104 Å². The Balaban J connectivity index is 0.000000250. The van der Waals surface area contributed by atoms with Gasteiger partial charge in [-0.2, -0.15) is 38.8 Å². The van der Waals surface area contributed by atoms with Gasteiger partial charge in [-0.15, -0.1) is 32.8 Å². The summed E-state index contributed by atoms with van der Waals surface area (Å²) in [4.78, 5) is 60.4. The molecular formula is C71H101ClN32O9S. The molecule has 14 aromatic heterocycles. The number of amides is 1. The Bertz CT molecular complexity index is 4880. The van der Waals surface area contributed by atoms with E-state index in [1.54, 1.807) is 107 Å². The predicted octanol–water partition coefficient (Wildman–Crippen LogP) is 7.69. The van der Waals surface area contributed by atoms with Crippen molar-refractivity contribution in [3.63, 3.8) is 0 Å². The third kappa shape index (κ3) is 32.0. The molecule has 43 heteroatoms. The van der Waals surface area contributed by atoms with Gasteiger partial charge in [0.05, 0.1) is 94.5 Å². The second-order valence-corrected chi connectivity index (χ2v) is 28.8. The first-order valence-corrected chi connectivity index (χ1v) is 37.5. The van der Waals surface area contributed by atoms with Crippen LogP contribution in [0.5, 0.6) is 0 Å². The van der Waals surface area contributed by atoms with E-state index in [4.69, 9.17) is 31.1 Å². The number of fused-ring (bicyclic) bond motifs is 2. The predicted molar refractivity (Wildman–Crippen MR) is 425 cm³/mol. The minimum atomic E-state index is -3.22. The van der Waals surface area contributed by atoms with E-state index >= 15 is 0 Å². The SMILES string of the molecule is CC(C)CO.CC(C)COS(C)(=O)=O.CC(C)Cn1ccnn1.CC(C)Cn1ccnn1.CC(C)Cn1nccn1.C[C@@H](N)Cn1ccnn1.Cc1cnc2ccc(-c3nc(C(=O)N[C@H](C)Cn4ccnn4)c(N)nc3-c3ncco3)cn12.Cc1cnc2ccc(-c3nc(C(=O)O)c(N)nc3-c3ncco3)cn12.Cl.c1cn[nH]n1. The van der Waals surface area contributed by atoms with Crippen molar-refractivity contribution in [2.24, 2.45) is 35.3 Å². The molecular weight excluding hydrogens is 1510 g/mol. The molecule has 0 unspecified atom stereocenters. The number of aliphatic hydroxyl groups is 1. The van der Waals surface area contributed by atoms with Gasteiger partial charge in [0.1, 0.15) is 35.2 Å². The molecule has 0 saturated carbocycles.